The first-order chi connectivity index (χ1) is 20.9. The van der Waals surface area contributed by atoms with E-state index in [-0.39, 0.29) is 29.1 Å². The van der Waals surface area contributed by atoms with Crippen LogP contribution in [0.1, 0.15) is 35.5 Å². The number of benzene rings is 2. The molecule has 2 aromatic heterocycles. The van der Waals surface area contributed by atoms with Crippen molar-refractivity contribution < 1.29 is 22.4 Å². The van der Waals surface area contributed by atoms with Crippen LogP contribution in [0.15, 0.2) is 65.6 Å². The molecule has 0 aliphatic carbocycles. The fourth-order valence-electron chi connectivity index (χ4n) is 5.43. The van der Waals surface area contributed by atoms with Gasteiger partial charge in [-0.2, -0.15) is 13.2 Å². The lowest BCUT2D eigenvalue weighted by Gasteiger charge is -2.36. The lowest BCUT2D eigenvalue weighted by molar-refractivity contribution is -0.140. The van der Waals surface area contributed by atoms with Gasteiger partial charge in [-0.1, -0.05) is 23.8 Å². The van der Waals surface area contributed by atoms with Crippen molar-refractivity contribution in [2.75, 3.05) is 46.3 Å². The Balaban J connectivity index is 1.55. The third-order valence-electron chi connectivity index (χ3n) is 8.07. The Bertz CT molecular complexity index is 1700. The molecule has 5 rings (SSSR count). The second-order valence-electron chi connectivity index (χ2n) is 11.2. The first-order valence-corrected chi connectivity index (χ1v) is 14.4. The molecule has 0 N–H and O–H groups in total. The number of carbonyl (C=O) groups is 1. The smallest absolute Gasteiger partial charge is 0.331 e. The molecule has 0 unspecified atom stereocenters. The van der Waals surface area contributed by atoms with Gasteiger partial charge in [0.15, 0.2) is 5.65 Å². The number of aromatic nitrogens is 3. The molecule has 1 saturated heterocycles. The molecule has 44 heavy (non-hydrogen) atoms. The molecule has 0 spiro atoms. The number of alkyl halides is 3. The van der Waals surface area contributed by atoms with Crippen LogP contribution in [-0.2, 0) is 17.4 Å². The average Bonchev–Trinajstić information content (AvgIpc) is 2.99. The average molecular weight is 611 g/mol. The van der Waals surface area contributed by atoms with Crippen molar-refractivity contribution in [3.8, 4) is 5.69 Å². The molecule has 1 aliphatic heterocycles. The fraction of sp³-hybridized carbons (Fsp3) is 0.375. The lowest BCUT2D eigenvalue weighted by Crippen LogP contribution is -2.48. The minimum absolute atomic E-state index is 0.0320. The van der Waals surface area contributed by atoms with Gasteiger partial charge in [0.1, 0.15) is 11.6 Å². The van der Waals surface area contributed by atoms with Gasteiger partial charge >= 0.3 is 6.18 Å². The molecule has 1 amide bonds. The van der Waals surface area contributed by atoms with Gasteiger partial charge in [-0.05, 0) is 62.9 Å². The van der Waals surface area contributed by atoms with Gasteiger partial charge in [-0.25, -0.2) is 14.4 Å². The topological polar surface area (TPSA) is 74.6 Å². The molecular formula is C32H34F4N6O2. The molecule has 0 radical (unpaired) electrons. The highest BCUT2D eigenvalue weighted by molar-refractivity contribution is 5.79. The first kappa shape index (κ1) is 31.3. The number of nitrogens with zero attached hydrogens (tertiary/aromatic N) is 6. The summed E-state index contributed by atoms with van der Waals surface area (Å²) in [5.41, 5.74) is 0.0323. The van der Waals surface area contributed by atoms with Crippen molar-refractivity contribution >= 4 is 16.9 Å². The lowest BCUT2D eigenvalue weighted by atomic mass is 10.1. The number of hydrogen-bond donors (Lipinski definition) is 0. The van der Waals surface area contributed by atoms with Crippen LogP contribution in [0.3, 0.4) is 0 Å². The Morgan fingerprint density at radius 1 is 1.05 bits per heavy atom. The predicted octanol–water partition coefficient (Wildman–Crippen LogP) is 4.63. The Labute approximate surface area is 252 Å². The predicted molar refractivity (Wildman–Crippen MR) is 159 cm³/mol. The summed E-state index contributed by atoms with van der Waals surface area (Å²) in [6.45, 7) is 7.75. The summed E-state index contributed by atoms with van der Waals surface area (Å²) >= 11 is 0. The van der Waals surface area contributed by atoms with E-state index < -0.39 is 35.9 Å². The molecule has 12 heteroatoms. The number of fused-ring (bicyclic) bond motifs is 1. The van der Waals surface area contributed by atoms with Gasteiger partial charge in [0.05, 0.1) is 29.1 Å². The second-order valence-corrected chi connectivity index (χ2v) is 11.2. The van der Waals surface area contributed by atoms with Crippen LogP contribution < -0.4 is 5.56 Å². The molecule has 232 valence electrons. The summed E-state index contributed by atoms with van der Waals surface area (Å²) in [5.74, 6) is -1.60. The molecule has 2 aromatic carbocycles. The van der Waals surface area contributed by atoms with Crippen LogP contribution in [0.4, 0.5) is 17.6 Å². The largest absolute Gasteiger partial charge is 0.419 e. The third kappa shape index (κ3) is 6.81. The maximum atomic E-state index is 14.0. The van der Waals surface area contributed by atoms with E-state index in [1.54, 1.807) is 31.2 Å². The third-order valence-corrected chi connectivity index (χ3v) is 8.07. The zero-order valence-corrected chi connectivity index (χ0v) is 24.8. The highest BCUT2D eigenvalue weighted by Gasteiger charge is 2.35. The van der Waals surface area contributed by atoms with Crippen molar-refractivity contribution in [3.63, 3.8) is 0 Å². The number of halogens is 4. The standard InChI is InChI=1S/C32H34F4N6O2/c1-21-6-9-24(10-7-21)42-30(38-29-25(31(42)44)5-4-12-37-29)22(2)41(18-17-40-15-13-39(3)14-16-40)28(43)20-23-8-11-27(33)26(19-23)32(34,35)36/h4-12,19,22H,13-18,20H2,1-3H3/t22-/m1/s1. The molecule has 4 aromatic rings. The van der Waals surface area contributed by atoms with E-state index in [1.165, 1.54) is 21.7 Å². The van der Waals surface area contributed by atoms with Crippen LogP contribution in [-0.4, -0.2) is 81.5 Å². The Morgan fingerprint density at radius 2 is 1.75 bits per heavy atom. The van der Waals surface area contributed by atoms with E-state index in [0.717, 1.165) is 37.8 Å². The van der Waals surface area contributed by atoms with E-state index in [9.17, 15) is 27.2 Å². The van der Waals surface area contributed by atoms with E-state index in [2.05, 4.69) is 14.8 Å². The number of rotatable bonds is 8. The summed E-state index contributed by atoms with van der Waals surface area (Å²) in [4.78, 5) is 42.8. The summed E-state index contributed by atoms with van der Waals surface area (Å²) < 4.78 is 55.8. The maximum Gasteiger partial charge on any atom is 0.419 e. The van der Waals surface area contributed by atoms with Crippen LogP contribution in [0.2, 0.25) is 0 Å². The van der Waals surface area contributed by atoms with Crippen LogP contribution >= 0.6 is 0 Å². The van der Waals surface area contributed by atoms with Crippen molar-refractivity contribution in [2.45, 2.75) is 32.5 Å². The van der Waals surface area contributed by atoms with E-state index in [4.69, 9.17) is 4.98 Å². The molecular weight excluding hydrogens is 576 g/mol. The highest BCUT2D eigenvalue weighted by Crippen LogP contribution is 2.32. The highest BCUT2D eigenvalue weighted by atomic mass is 19.4. The summed E-state index contributed by atoms with van der Waals surface area (Å²) in [5, 5.41) is 0.310. The quantitative estimate of drug-likeness (QED) is 0.271. The van der Waals surface area contributed by atoms with E-state index in [1.807, 2.05) is 26.1 Å². The van der Waals surface area contributed by atoms with Crippen molar-refractivity contribution in [3.05, 3.63) is 99.5 Å². The molecule has 3 heterocycles. The van der Waals surface area contributed by atoms with Crippen molar-refractivity contribution in [1.82, 2.24) is 29.2 Å². The monoisotopic (exact) mass is 610 g/mol. The van der Waals surface area contributed by atoms with Gasteiger partial charge in [0.2, 0.25) is 5.91 Å². The zero-order chi connectivity index (χ0) is 31.6. The molecule has 1 aliphatic rings. The summed E-state index contributed by atoms with van der Waals surface area (Å²) in [6, 6.07) is 12.4. The number of pyridine rings is 1. The number of carbonyl (C=O) groups excluding carboxylic acids is 1. The SMILES string of the molecule is Cc1ccc(-n2c([C@@H](C)N(CCN3CCN(C)CC3)C(=O)Cc3ccc(F)c(C(F)(F)F)c3)nc3ncccc3c2=O)cc1. The van der Waals surface area contributed by atoms with Crippen molar-refractivity contribution in [2.24, 2.45) is 0 Å². The molecule has 8 nitrogen and oxygen atoms in total. The number of aryl methyl sites for hydroxylation is 1. The fourth-order valence-corrected chi connectivity index (χ4v) is 5.43. The Kier molecular flexibility index (Phi) is 9.12. The molecule has 1 atom stereocenters. The zero-order valence-electron chi connectivity index (χ0n) is 24.8. The van der Waals surface area contributed by atoms with Crippen molar-refractivity contribution in [1.29, 1.82) is 0 Å². The number of piperazine rings is 1. The minimum atomic E-state index is -4.90. The Hall–Kier alpha value is -4.16. The minimum Gasteiger partial charge on any atom is -0.331 e. The van der Waals surface area contributed by atoms with Gasteiger partial charge in [-0.15, -0.1) is 0 Å². The normalized spacial score (nSPS) is 15.4. The van der Waals surface area contributed by atoms with E-state index in [0.29, 0.717) is 23.7 Å². The Morgan fingerprint density at radius 3 is 2.43 bits per heavy atom. The maximum absolute atomic E-state index is 14.0. The van der Waals surface area contributed by atoms with Crippen LogP contribution in [0, 0.1) is 12.7 Å². The number of likely N-dealkylation sites (N-methyl/N-ethyl adjacent to an activating group) is 1. The van der Waals surface area contributed by atoms with Gasteiger partial charge in [0.25, 0.3) is 5.56 Å². The van der Waals surface area contributed by atoms with Crippen LogP contribution in [0.5, 0.6) is 0 Å². The molecule has 0 bridgehead atoms. The second kappa shape index (κ2) is 12.8. The molecule has 1 fully saturated rings. The molecule has 0 saturated carbocycles. The van der Waals surface area contributed by atoms with Crippen LogP contribution in [0.25, 0.3) is 16.7 Å². The van der Waals surface area contributed by atoms with Gasteiger partial charge in [0, 0.05) is 45.5 Å². The summed E-state index contributed by atoms with van der Waals surface area (Å²) in [6.07, 6.45) is -3.76. The first-order valence-electron chi connectivity index (χ1n) is 14.4. The summed E-state index contributed by atoms with van der Waals surface area (Å²) in [7, 11) is 2.04. The van der Waals surface area contributed by atoms with E-state index >= 15 is 0 Å². The number of hydrogen-bond acceptors (Lipinski definition) is 6. The van der Waals surface area contributed by atoms with Gasteiger partial charge < -0.3 is 9.80 Å². The number of amides is 1. The van der Waals surface area contributed by atoms with Gasteiger partial charge in [-0.3, -0.25) is 19.1 Å².